The smallest absolute Gasteiger partial charge is 0.255 e. The zero-order valence-electron chi connectivity index (χ0n) is 9.64. The molecule has 1 rings (SSSR count). The van der Waals surface area contributed by atoms with Gasteiger partial charge in [-0.15, -0.1) is 0 Å². The number of alkyl halides is 1. The second-order valence-corrected chi connectivity index (χ2v) is 6.41. The zero-order valence-corrected chi connectivity index (χ0v) is 12.8. The van der Waals surface area contributed by atoms with Gasteiger partial charge >= 0.3 is 0 Å². The Morgan fingerprint density at radius 2 is 2.12 bits per heavy atom. The van der Waals surface area contributed by atoms with Gasteiger partial charge < -0.3 is 5.32 Å². The molecule has 17 heavy (non-hydrogen) atoms. The van der Waals surface area contributed by atoms with E-state index in [-0.39, 0.29) is 11.6 Å². The number of benzene rings is 1. The Morgan fingerprint density at radius 1 is 1.47 bits per heavy atom. The van der Waals surface area contributed by atoms with E-state index in [1.165, 1.54) is 6.07 Å². The lowest BCUT2D eigenvalue weighted by Crippen LogP contribution is -2.34. The second-order valence-electron chi connectivity index (χ2n) is 3.99. The third kappa shape index (κ3) is 4.39. The Labute approximate surface area is 117 Å². The third-order valence-electron chi connectivity index (χ3n) is 2.25. The summed E-state index contributed by atoms with van der Waals surface area (Å²) in [6.07, 6.45) is 0.789. The van der Waals surface area contributed by atoms with Crippen LogP contribution in [0.5, 0.6) is 0 Å². The van der Waals surface area contributed by atoms with Crippen molar-refractivity contribution in [3.8, 4) is 0 Å². The summed E-state index contributed by atoms with van der Waals surface area (Å²) in [4.78, 5) is 12.2. The lowest BCUT2D eigenvalue weighted by atomic mass is 10.1. The molecule has 0 heterocycles. The Kier molecular flexibility index (Phi) is 5.59. The highest BCUT2D eigenvalue weighted by molar-refractivity contribution is 9.10. The number of carbonyl (C=O) groups is 1. The summed E-state index contributed by atoms with van der Waals surface area (Å²) in [6.45, 7) is 3.89. The number of hydrogen-bond donors (Lipinski definition) is 1. The normalized spacial score (nSPS) is 14.2. The van der Waals surface area contributed by atoms with E-state index in [9.17, 15) is 9.18 Å². The molecule has 0 fully saturated rings. The molecule has 1 N–H and O–H groups in total. The standard InChI is InChI=1S/C12H14Br2FNO/c1-7(13)6-8(2)16-12(17)11-9(14)4-3-5-10(11)15/h3-5,7-8H,6H2,1-2H3,(H,16,17). The molecule has 0 aromatic heterocycles. The minimum absolute atomic E-state index is 0.0108. The number of halogens is 3. The summed E-state index contributed by atoms with van der Waals surface area (Å²) >= 11 is 6.59. The van der Waals surface area contributed by atoms with Gasteiger partial charge in [-0.1, -0.05) is 28.9 Å². The molecule has 1 amide bonds. The third-order valence-corrected chi connectivity index (χ3v) is 3.28. The van der Waals surface area contributed by atoms with Crippen LogP contribution in [0.2, 0.25) is 0 Å². The molecule has 94 valence electrons. The highest BCUT2D eigenvalue weighted by atomic mass is 79.9. The van der Waals surface area contributed by atoms with E-state index in [0.717, 1.165) is 6.42 Å². The maximum Gasteiger partial charge on any atom is 0.255 e. The van der Waals surface area contributed by atoms with Gasteiger partial charge in [-0.25, -0.2) is 4.39 Å². The van der Waals surface area contributed by atoms with Crippen LogP contribution in [0.25, 0.3) is 0 Å². The van der Waals surface area contributed by atoms with Gasteiger partial charge in [0.25, 0.3) is 5.91 Å². The van der Waals surface area contributed by atoms with Crippen LogP contribution in [0.4, 0.5) is 4.39 Å². The molecule has 2 unspecified atom stereocenters. The van der Waals surface area contributed by atoms with Crippen LogP contribution in [0.1, 0.15) is 30.6 Å². The first-order chi connectivity index (χ1) is 7.91. The van der Waals surface area contributed by atoms with Crippen LogP contribution >= 0.6 is 31.9 Å². The van der Waals surface area contributed by atoms with E-state index in [0.29, 0.717) is 9.30 Å². The lowest BCUT2D eigenvalue weighted by Gasteiger charge is -2.16. The van der Waals surface area contributed by atoms with E-state index in [1.54, 1.807) is 12.1 Å². The molecule has 0 radical (unpaired) electrons. The van der Waals surface area contributed by atoms with Crippen molar-refractivity contribution in [2.75, 3.05) is 0 Å². The van der Waals surface area contributed by atoms with Crippen molar-refractivity contribution in [1.29, 1.82) is 0 Å². The van der Waals surface area contributed by atoms with Crippen LogP contribution in [-0.2, 0) is 0 Å². The van der Waals surface area contributed by atoms with E-state index >= 15 is 0 Å². The summed E-state index contributed by atoms with van der Waals surface area (Å²) in [5.41, 5.74) is 0.0570. The van der Waals surface area contributed by atoms with Gasteiger partial charge in [-0.05, 0) is 41.4 Å². The van der Waals surface area contributed by atoms with Gasteiger partial charge in [-0.2, -0.15) is 0 Å². The molecule has 0 bridgehead atoms. The van der Waals surface area contributed by atoms with Crippen molar-refractivity contribution in [3.05, 3.63) is 34.1 Å². The monoisotopic (exact) mass is 365 g/mol. The predicted octanol–water partition coefficient (Wildman–Crippen LogP) is 3.88. The molecule has 0 aliphatic carbocycles. The van der Waals surface area contributed by atoms with Crippen LogP contribution in [0, 0.1) is 5.82 Å². The molecule has 0 spiro atoms. The molecule has 0 aliphatic rings. The van der Waals surface area contributed by atoms with Gasteiger partial charge in [0.05, 0.1) is 5.56 Å². The fourth-order valence-electron chi connectivity index (χ4n) is 1.56. The van der Waals surface area contributed by atoms with Crippen molar-refractivity contribution in [2.24, 2.45) is 0 Å². The first-order valence-corrected chi connectivity index (χ1v) is 7.01. The molecule has 5 heteroatoms. The van der Waals surface area contributed by atoms with E-state index in [4.69, 9.17) is 0 Å². The van der Waals surface area contributed by atoms with E-state index < -0.39 is 11.7 Å². The number of carbonyl (C=O) groups excluding carboxylic acids is 1. The van der Waals surface area contributed by atoms with Crippen molar-refractivity contribution in [2.45, 2.75) is 31.1 Å². The number of amides is 1. The molecule has 1 aromatic rings. The summed E-state index contributed by atoms with van der Waals surface area (Å²) < 4.78 is 14.0. The molecule has 2 atom stereocenters. The van der Waals surface area contributed by atoms with Crippen LogP contribution in [0.3, 0.4) is 0 Å². The zero-order chi connectivity index (χ0) is 13.0. The molecular weight excluding hydrogens is 353 g/mol. The molecule has 0 saturated heterocycles. The minimum Gasteiger partial charge on any atom is -0.349 e. The van der Waals surface area contributed by atoms with Gasteiger partial charge in [0.2, 0.25) is 0 Å². The van der Waals surface area contributed by atoms with E-state index in [2.05, 4.69) is 37.2 Å². The Hall–Kier alpha value is -0.420. The first kappa shape index (κ1) is 14.6. The Bertz CT molecular complexity index is 389. The van der Waals surface area contributed by atoms with Crippen LogP contribution < -0.4 is 5.32 Å². The quantitative estimate of drug-likeness (QED) is 0.805. The summed E-state index contributed by atoms with van der Waals surface area (Å²) in [5, 5.41) is 2.77. The lowest BCUT2D eigenvalue weighted by molar-refractivity contribution is 0.0934. The fourth-order valence-corrected chi connectivity index (χ4v) is 2.64. The van der Waals surface area contributed by atoms with Gasteiger partial charge in [-0.3, -0.25) is 4.79 Å². The maximum atomic E-state index is 13.5. The Morgan fingerprint density at radius 3 is 2.65 bits per heavy atom. The van der Waals surface area contributed by atoms with Gasteiger partial charge in [0.1, 0.15) is 5.82 Å². The predicted molar refractivity (Wildman–Crippen MR) is 74.0 cm³/mol. The minimum atomic E-state index is -0.518. The van der Waals surface area contributed by atoms with Gasteiger partial charge in [0, 0.05) is 15.3 Å². The SMILES string of the molecule is CC(Br)CC(C)NC(=O)c1c(F)cccc1Br. The van der Waals surface area contributed by atoms with Gasteiger partial charge in [0.15, 0.2) is 0 Å². The molecular formula is C12H14Br2FNO. The maximum absolute atomic E-state index is 13.5. The largest absolute Gasteiger partial charge is 0.349 e. The average Bonchev–Trinajstić information content (AvgIpc) is 2.15. The average molecular weight is 367 g/mol. The first-order valence-electron chi connectivity index (χ1n) is 5.30. The van der Waals surface area contributed by atoms with Crippen molar-refractivity contribution in [3.63, 3.8) is 0 Å². The Balaban J connectivity index is 2.77. The van der Waals surface area contributed by atoms with Crippen LogP contribution in [-0.4, -0.2) is 16.8 Å². The van der Waals surface area contributed by atoms with Crippen molar-refractivity contribution in [1.82, 2.24) is 5.32 Å². The number of nitrogens with one attached hydrogen (secondary N) is 1. The number of rotatable bonds is 4. The number of hydrogen-bond acceptors (Lipinski definition) is 1. The van der Waals surface area contributed by atoms with E-state index in [1.807, 2.05) is 13.8 Å². The summed E-state index contributed by atoms with van der Waals surface area (Å²) in [7, 11) is 0. The topological polar surface area (TPSA) is 29.1 Å². The molecule has 0 aliphatic heterocycles. The highest BCUT2D eigenvalue weighted by Gasteiger charge is 2.17. The van der Waals surface area contributed by atoms with Crippen LogP contribution in [0.15, 0.2) is 22.7 Å². The fraction of sp³-hybridized carbons (Fsp3) is 0.417. The summed E-state index contributed by atoms with van der Waals surface area (Å²) in [5.74, 6) is -0.911. The molecule has 1 aromatic carbocycles. The second kappa shape index (κ2) is 6.50. The summed E-state index contributed by atoms with van der Waals surface area (Å²) in [6, 6.07) is 4.47. The molecule has 0 saturated carbocycles. The van der Waals surface area contributed by atoms with Crippen molar-refractivity contribution >= 4 is 37.8 Å². The highest BCUT2D eigenvalue weighted by Crippen LogP contribution is 2.19. The molecule has 2 nitrogen and oxygen atoms in total. The van der Waals surface area contributed by atoms with Crippen molar-refractivity contribution < 1.29 is 9.18 Å².